The Bertz CT molecular complexity index is 666. The van der Waals surface area contributed by atoms with Crippen LogP contribution < -0.4 is 5.32 Å². The van der Waals surface area contributed by atoms with E-state index in [4.69, 9.17) is 11.6 Å². The van der Waals surface area contributed by atoms with Gasteiger partial charge in [0.05, 0.1) is 16.8 Å². The summed E-state index contributed by atoms with van der Waals surface area (Å²) in [5, 5.41) is 4.64. The topological polar surface area (TPSA) is 32.3 Å². The van der Waals surface area contributed by atoms with Crippen molar-refractivity contribution in [2.75, 3.05) is 23.4 Å². The molecule has 2 amide bonds. The Labute approximate surface area is 141 Å². The molecule has 1 aliphatic heterocycles. The smallest absolute Gasteiger partial charge is 0.315 e. The maximum Gasteiger partial charge on any atom is 0.322 e. The van der Waals surface area contributed by atoms with Gasteiger partial charge in [-0.15, -0.1) is 11.3 Å². The van der Waals surface area contributed by atoms with Crippen LogP contribution in [0.2, 0.25) is 5.02 Å². The lowest BCUT2D eigenvalue weighted by molar-refractivity contribution is 0.197. The van der Waals surface area contributed by atoms with Gasteiger partial charge < -0.3 is 10.2 Å². The van der Waals surface area contributed by atoms with E-state index in [0.29, 0.717) is 6.54 Å². The SMILES string of the molecule is O=C(Nc1cccc(Cl)c1F)N1CCSCC1c1cccs1. The summed E-state index contributed by atoms with van der Waals surface area (Å²) in [5.41, 5.74) is 0.112. The van der Waals surface area contributed by atoms with Crippen molar-refractivity contribution in [3.05, 3.63) is 51.4 Å². The van der Waals surface area contributed by atoms with Crippen molar-refractivity contribution in [1.82, 2.24) is 4.90 Å². The number of carbonyl (C=O) groups excluding carboxylic acids is 1. The van der Waals surface area contributed by atoms with Crippen LogP contribution >= 0.6 is 34.7 Å². The Morgan fingerprint density at radius 2 is 2.23 bits per heavy atom. The van der Waals surface area contributed by atoms with E-state index in [1.807, 2.05) is 29.3 Å². The minimum absolute atomic E-state index is 0.00167. The molecule has 0 aliphatic carbocycles. The van der Waals surface area contributed by atoms with Gasteiger partial charge in [0.15, 0.2) is 5.82 Å². The number of anilines is 1. The Morgan fingerprint density at radius 3 is 3.00 bits per heavy atom. The highest BCUT2D eigenvalue weighted by Gasteiger charge is 2.29. The van der Waals surface area contributed by atoms with E-state index in [2.05, 4.69) is 5.32 Å². The number of amides is 2. The maximum absolute atomic E-state index is 13.9. The molecule has 1 fully saturated rings. The number of halogens is 2. The number of hydrogen-bond donors (Lipinski definition) is 1. The fourth-order valence-electron chi connectivity index (χ4n) is 2.35. The molecule has 1 aromatic heterocycles. The molecule has 2 aromatic rings. The predicted molar refractivity (Wildman–Crippen MR) is 91.5 cm³/mol. The number of benzene rings is 1. The van der Waals surface area contributed by atoms with Crippen molar-refractivity contribution >= 4 is 46.4 Å². The number of nitrogens with one attached hydrogen (secondary N) is 1. The molecule has 1 saturated heterocycles. The van der Waals surface area contributed by atoms with Crippen LogP contribution in [0.15, 0.2) is 35.7 Å². The van der Waals surface area contributed by atoms with E-state index in [0.717, 1.165) is 16.4 Å². The lowest BCUT2D eigenvalue weighted by atomic mass is 10.2. The Morgan fingerprint density at radius 1 is 1.36 bits per heavy atom. The van der Waals surface area contributed by atoms with Crippen LogP contribution in [0.25, 0.3) is 0 Å². The lowest BCUT2D eigenvalue weighted by Crippen LogP contribution is -2.43. The molecule has 0 bridgehead atoms. The van der Waals surface area contributed by atoms with Crippen LogP contribution in [0, 0.1) is 5.82 Å². The average molecular weight is 357 g/mol. The largest absolute Gasteiger partial charge is 0.322 e. The van der Waals surface area contributed by atoms with Gasteiger partial charge >= 0.3 is 6.03 Å². The number of rotatable bonds is 2. The fraction of sp³-hybridized carbons (Fsp3) is 0.267. The number of thioether (sulfide) groups is 1. The highest BCUT2D eigenvalue weighted by atomic mass is 35.5. The molecule has 0 spiro atoms. The molecule has 1 unspecified atom stereocenters. The molecule has 22 heavy (non-hydrogen) atoms. The monoisotopic (exact) mass is 356 g/mol. The van der Waals surface area contributed by atoms with Crippen LogP contribution in [-0.4, -0.2) is 29.0 Å². The van der Waals surface area contributed by atoms with E-state index < -0.39 is 5.82 Å². The van der Waals surface area contributed by atoms with E-state index in [1.165, 1.54) is 12.1 Å². The van der Waals surface area contributed by atoms with Gasteiger partial charge in [0.2, 0.25) is 0 Å². The van der Waals surface area contributed by atoms with Crippen LogP contribution in [0.1, 0.15) is 10.9 Å². The highest BCUT2D eigenvalue weighted by Crippen LogP contribution is 2.33. The molecule has 3 rings (SSSR count). The van der Waals surface area contributed by atoms with Gasteiger partial charge in [-0.1, -0.05) is 23.7 Å². The number of thiophene rings is 1. The number of urea groups is 1. The number of nitrogens with zero attached hydrogens (tertiary/aromatic N) is 1. The second kappa shape index (κ2) is 6.89. The minimum Gasteiger partial charge on any atom is -0.315 e. The van der Waals surface area contributed by atoms with Crippen molar-refractivity contribution in [2.24, 2.45) is 0 Å². The second-order valence-electron chi connectivity index (χ2n) is 4.83. The third-order valence-corrected chi connectivity index (χ3v) is 5.74. The van der Waals surface area contributed by atoms with E-state index in [9.17, 15) is 9.18 Å². The first-order valence-electron chi connectivity index (χ1n) is 6.79. The normalized spacial score (nSPS) is 18.3. The summed E-state index contributed by atoms with van der Waals surface area (Å²) in [6.45, 7) is 0.640. The van der Waals surface area contributed by atoms with Gasteiger partial charge in [-0.25, -0.2) is 9.18 Å². The maximum atomic E-state index is 13.9. The molecule has 1 aliphatic rings. The van der Waals surface area contributed by atoms with Gasteiger partial charge in [0.1, 0.15) is 0 Å². The first kappa shape index (κ1) is 15.6. The van der Waals surface area contributed by atoms with Crippen LogP contribution in [0.5, 0.6) is 0 Å². The van der Waals surface area contributed by atoms with Crippen LogP contribution in [-0.2, 0) is 0 Å². The molecular formula is C15H14ClFN2OS2. The second-order valence-corrected chi connectivity index (χ2v) is 7.37. The quantitative estimate of drug-likeness (QED) is 0.833. The third-order valence-electron chi connectivity index (χ3n) is 3.45. The Balaban J connectivity index is 1.79. The van der Waals surface area contributed by atoms with Crippen molar-refractivity contribution < 1.29 is 9.18 Å². The fourth-order valence-corrected chi connectivity index (χ4v) is 4.55. The van der Waals surface area contributed by atoms with Crippen molar-refractivity contribution in [3.8, 4) is 0 Å². The molecule has 1 N–H and O–H groups in total. The van der Waals surface area contributed by atoms with Gasteiger partial charge in [0.25, 0.3) is 0 Å². The summed E-state index contributed by atoms with van der Waals surface area (Å²) in [7, 11) is 0. The Kier molecular flexibility index (Phi) is 4.90. The van der Waals surface area contributed by atoms with E-state index in [-0.39, 0.29) is 22.8 Å². The summed E-state index contributed by atoms with van der Waals surface area (Å²) in [5.74, 6) is 1.14. The van der Waals surface area contributed by atoms with Gasteiger partial charge in [-0.2, -0.15) is 11.8 Å². The van der Waals surface area contributed by atoms with Gasteiger partial charge in [-0.3, -0.25) is 0 Å². The lowest BCUT2D eigenvalue weighted by Gasteiger charge is -2.34. The van der Waals surface area contributed by atoms with Crippen molar-refractivity contribution in [3.63, 3.8) is 0 Å². The summed E-state index contributed by atoms with van der Waals surface area (Å²) in [6.07, 6.45) is 0. The zero-order valence-corrected chi connectivity index (χ0v) is 14.0. The molecule has 2 heterocycles. The Hall–Kier alpha value is -1.24. The minimum atomic E-state index is -0.600. The molecule has 1 atom stereocenters. The van der Waals surface area contributed by atoms with Crippen LogP contribution in [0.4, 0.5) is 14.9 Å². The molecule has 3 nitrogen and oxygen atoms in total. The standard InChI is InChI=1S/C15H14ClFN2OS2/c16-10-3-1-4-11(14(10)17)18-15(20)19-6-8-21-9-12(19)13-5-2-7-22-13/h1-5,7,12H,6,8-9H2,(H,18,20). The molecule has 7 heteroatoms. The summed E-state index contributed by atoms with van der Waals surface area (Å²) >= 11 is 9.21. The van der Waals surface area contributed by atoms with Crippen molar-refractivity contribution in [2.45, 2.75) is 6.04 Å². The predicted octanol–water partition coefficient (Wildman–Crippen LogP) is 4.86. The van der Waals surface area contributed by atoms with E-state index in [1.54, 1.807) is 22.3 Å². The zero-order chi connectivity index (χ0) is 15.5. The van der Waals surface area contributed by atoms with Gasteiger partial charge in [-0.05, 0) is 23.6 Å². The summed E-state index contributed by atoms with van der Waals surface area (Å²) in [6, 6.07) is 8.33. The average Bonchev–Trinajstić information content (AvgIpc) is 3.06. The number of hydrogen-bond acceptors (Lipinski definition) is 3. The molecule has 1 aromatic carbocycles. The first-order valence-corrected chi connectivity index (χ1v) is 9.21. The summed E-state index contributed by atoms with van der Waals surface area (Å²) < 4.78 is 13.9. The molecule has 116 valence electrons. The van der Waals surface area contributed by atoms with E-state index >= 15 is 0 Å². The van der Waals surface area contributed by atoms with Crippen molar-refractivity contribution in [1.29, 1.82) is 0 Å². The molecule has 0 radical (unpaired) electrons. The highest BCUT2D eigenvalue weighted by molar-refractivity contribution is 7.99. The number of carbonyl (C=O) groups is 1. The third kappa shape index (κ3) is 3.24. The van der Waals surface area contributed by atoms with Crippen LogP contribution in [0.3, 0.4) is 0 Å². The summed E-state index contributed by atoms with van der Waals surface area (Å²) in [4.78, 5) is 15.5. The molecule has 0 saturated carbocycles. The zero-order valence-electron chi connectivity index (χ0n) is 11.6. The van der Waals surface area contributed by atoms with Gasteiger partial charge in [0, 0.05) is 22.9 Å². The molecular weight excluding hydrogens is 343 g/mol. The first-order chi connectivity index (χ1) is 10.7.